The molecule has 1 N–H and O–H groups in total. The number of hydrogen-bond donors (Lipinski definition) is 1. The molecule has 2 rings (SSSR count). The summed E-state index contributed by atoms with van der Waals surface area (Å²) in [5.74, 6) is -2.08. The van der Waals surface area contributed by atoms with Crippen LogP contribution < -0.4 is 5.32 Å². The third-order valence-corrected chi connectivity index (χ3v) is 3.63. The van der Waals surface area contributed by atoms with Gasteiger partial charge in [-0.05, 0) is 12.5 Å². The Bertz CT molecular complexity index is 601. The fourth-order valence-corrected chi connectivity index (χ4v) is 2.35. The maximum absolute atomic E-state index is 13.8. The molecule has 8 heteroatoms. The van der Waals surface area contributed by atoms with Gasteiger partial charge in [-0.15, -0.1) is 0 Å². The van der Waals surface area contributed by atoms with E-state index < -0.39 is 29.5 Å². The van der Waals surface area contributed by atoms with Crippen molar-refractivity contribution in [2.24, 2.45) is 0 Å². The van der Waals surface area contributed by atoms with Gasteiger partial charge in [0.25, 0.3) is 0 Å². The average molecular weight is 318 g/mol. The van der Waals surface area contributed by atoms with Crippen LogP contribution in [0.1, 0.15) is 24.0 Å². The lowest BCUT2D eigenvalue weighted by molar-refractivity contribution is -0.140. The van der Waals surface area contributed by atoms with E-state index in [2.05, 4.69) is 5.32 Å². The highest BCUT2D eigenvalue weighted by Crippen LogP contribution is 2.32. The Morgan fingerprint density at radius 1 is 1.41 bits per heavy atom. The van der Waals surface area contributed by atoms with Crippen molar-refractivity contribution < 1.29 is 27.2 Å². The lowest BCUT2D eigenvalue weighted by Gasteiger charge is -2.19. The van der Waals surface area contributed by atoms with Crippen molar-refractivity contribution in [1.82, 2.24) is 10.2 Å². The second-order valence-corrected chi connectivity index (χ2v) is 5.05. The van der Waals surface area contributed by atoms with Crippen LogP contribution in [-0.4, -0.2) is 29.8 Å². The van der Waals surface area contributed by atoms with Gasteiger partial charge in [-0.3, -0.25) is 9.59 Å². The second-order valence-electron chi connectivity index (χ2n) is 5.05. The molecule has 1 atom stereocenters. The molecule has 22 heavy (non-hydrogen) atoms. The Morgan fingerprint density at radius 2 is 2.09 bits per heavy atom. The lowest BCUT2D eigenvalue weighted by atomic mass is 10.1. The molecule has 1 aliphatic heterocycles. The molecule has 0 aliphatic carbocycles. The molecule has 1 heterocycles. The maximum atomic E-state index is 13.8. The van der Waals surface area contributed by atoms with E-state index in [0.29, 0.717) is 12.5 Å². The van der Waals surface area contributed by atoms with Crippen molar-refractivity contribution in [2.75, 3.05) is 7.05 Å². The molecule has 0 saturated carbocycles. The number of benzene rings is 1. The monoisotopic (exact) mass is 318 g/mol. The van der Waals surface area contributed by atoms with Gasteiger partial charge in [0.05, 0.1) is 5.56 Å². The number of nitrogens with zero attached hydrogens (tertiary/aromatic N) is 1. The Balaban J connectivity index is 2.06. The van der Waals surface area contributed by atoms with E-state index in [1.165, 1.54) is 18.0 Å². The Labute approximate surface area is 124 Å². The minimum atomic E-state index is -4.79. The number of alkyl halides is 3. The number of amides is 2. The largest absolute Gasteiger partial charge is 0.419 e. The van der Waals surface area contributed by atoms with Crippen molar-refractivity contribution in [1.29, 1.82) is 0 Å². The summed E-state index contributed by atoms with van der Waals surface area (Å²) >= 11 is 0. The minimum absolute atomic E-state index is 0.176. The van der Waals surface area contributed by atoms with Gasteiger partial charge in [-0.25, -0.2) is 4.39 Å². The first-order valence-corrected chi connectivity index (χ1v) is 6.59. The summed E-state index contributed by atoms with van der Waals surface area (Å²) in [5, 5.41) is 2.37. The second kappa shape index (κ2) is 5.94. The number of nitrogens with one attached hydrogen (secondary N) is 1. The number of halogens is 4. The van der Waals surface area contributed by atoms with E-state index in [1.54, 1.807) is 0 Å². The van der Waals surface area contributed by atoms with Crippen LogP contribution in [0.15, 0.2) is 18.2 Å². The first kappa shape index (κ1) is 16.3. The van der Waals surface area contributed by atoms with Gasteiger partial charge >= 0.3 is 6.18 Å². The fourth-order valence-electron chi connectivity index (χ4n) is 2.35. The van der Waals surface area contributed by atoms with Crippen molar-refractivity contribution in [3.05, 3.63) is 35.1 Å². The summed E-state index contributed by atoms with van der Waals surface area (Å²) < 4.78 is 51.6. The van der Waals surface area contributed by atoms with Crippen LogP contribution in [0.2, 0.25) is 0 Å². The van der Waals surface area contributed by atoms with E-state index in [9.17, 15) is 27.2 Å². The van der Waals surface area contributed by atoms with Gasteiger partial charge in [-0.2, -0.15) is 13.2 Å². The maximum Gasteiger partial charge on any atom is 0.419 e. The van der Waals surface area contributed by atoms with Crippen LogP contribution in [0.25, 0.3) is 0 Å². The molecule has 2 amide bonds. The van der Waals surface area contributed by atoms with Gasteiger partial charge in [0.2, 0.25) is 11.8 Å². The molecular weight excluding hydrogens is 304 g/mol. The number of likely N-dealkylation sites (N-methyl/N-ethyl adjacent to an activating group) is 1. The molecule has 1 aromatic carbocycles. The summed E-state index contributed by atoms with van der Waals surface area (Å²) in [6, 6.07) is 2.23. The summed E-state index contributed by atoms with van der Waals surface area (Å²) in [7, 11) is 1.48. The molecule has 0 unspecified atom stereocenters. The average Bonchev–Trinajstić information content (AvgIpc) is 2.76. The summed E-state index contributed by atoms with van der Waals surface area (Å²) in [6.07, 6.45) is -4.21. The van der Waals surface area contributed by atoms with E-state index >= 15 is 0 Å². The number of rotatable bonds is 3. The van der Waals surface area contributed by atoms with Crippen LogP contribution in [0.3, 0.4) is 0 Å². The number of carbonyl (C=O) groups is 2. The first-order valence-electron chi connectivity index (χ1n) is 6.59. The third kappa shape index (κ3) is 3.20. The van der Waals surface area contributed by atoms with Crippen molar-refractivity contribution in [3.63, 3.8) is 0 Å². The first-order chi connectivity index (χ1) is 10.2. The molecule has 4 nitrogen and oxygen atoms in total. The molecule has 0 spiro atoms. The summed E-state index contributed by atoms with van der Waals surface area (Å²) in [4.78, 5) is 24.5. The summed E-state index contributed by atoms with van der Waals surface area (Å²) in [5.41, 5.74) is -1.62. The molecule has 0 radical (unpaired) electrons. The molecule has 1 fully saturated rings. The third-order valence-electron chi connectivity index (χ3n) is 3.63. The zero-order valence-corrected chi connectivity index (χ0v) is 11.7. The number of carbonyl (C=O) groups excluding carboxylic acids is 2. The molecule has 0 aromatic heterocycles. The quantitative estimate of drug-likeness (QED) is 0.868. The van der Waals surface area contributed by atoms with Crippen molar-refractivity contribution in [3.8, 4) is 0 Å². The van der Waals surface area contributed by atoms with Crippen molar-refractivity contribution in [2.45, 2.75) is 31.6 Å². The lowest BCUT2D eigenvalue weighted by Crippen LogP contribution is -2.42. The standard InChI is InChI=1S/C14H14F4N2O2/c1-20-10(5-6-11(20)21)13(22)19-7-8-3-2-4-9(12(8)15)14(16,17)18/h2-4,10H,5-7H2,1H3,(H,19,22)/t10-/m0/s1. The highest BCUT2D eigenvalue weighted by molar-refractivity contribution is 5.90. The van der Waals surface area contributed by atoms with Crippen LogP contribution in [-0.2, 0) is 22.3 Å². The fraction of sp³-hybridized carbons (Fsp3) is 0.429. The molecule has 1 aromatic rings. The zero-order valence-electron chi connectivity index (χ0n) is 11.7. The molecule has 1 saturated heterocycles. The van der Waals surface area contributed by atoms with Gasteiger partial charge < -0.3 is 10.2 Å². The van der Waals surface area contributed by atoms with Gasteiger partial charge in [0, 0.05) is 25.6 Å². The van der Waals surface area contributed by atoms with E-state index in [-0.39, 0.29) is 24.4 Å². The van der Waals surface area contributed by atoms with E-state index in [0.717, 1.165) is 6.07 Å². The normalized spacial score (nSPS) is 18.7. The molecule has 1 aliphatic rings. The molecular formula is C14H14F4N2O2. The van der Waals surface area contributed by atoms with E-state index in [1.807, 2.05) is 0 Å². The predicted molar refractivity (Wildman–Crippen MR) is 69.0 cm³/mol. The number of hydrogen-bond acceptors (Lipinski definition) is 2. The molecule has 120 valence electrons. The summed E-state index contributed by atoms with van der Waals surface area (Å²) in [6.45, 7) is -0.368. The van der Waals surface area contributed by atoms with Gasteiger partial charge in [0.15, 0.2) is 0 Å². The predicted octanol–water partition coefficient (Wildman–Crippen LogP) is 2.08. The minimum Gasteiger partial charge on any atom is -0.350 e. The van der Waals surface area contributed by atoms with Gasteiger partial charge in [-0.1, -0.05) is 12.1 Å². The topological polar surface area (TPSA) is 49.4 Å². The Kier molecular flexibility index (Phi) is 4.39. The van der Waals surface area contributed by atoms with Crippen molar-refractivity contribution >= 4 is 11.8 Å². The Morgan fingerprint density at radius 3 is 2.64 bits per heavy atom. The SMILES string of the molecule is CN1C(=O)CC[C@H]1C(=O)NCc1cccc(C(F)(F)F)c1F. The Hall–Kier alpha value is -2.12. The smallest absolute Gasteiger partial charge is 0.350 e. The van der Waals surface area contributed by atoms with Crippen LogP contribution >= 0.6 is 0 Å². The van der Waals surface area contributed by atoms with E-state index in [4.69, 9.17) is 0 Å². The van der Waals surface area contributed by atoms with Crippen LogP contribution in [0.4, 0.5) is 17.6 Å². The zero-order chi connectivity index (χ0) is 16.5. The molecule has 0 bridgehead atoms. The van der Waals surface area contributed by atoms with Crippen LogP contribution in [0.5, 0.6) is 0 Å². The highest BCUT2D eigenvalue weighted by Gasteiger charge is 2.35. The number of likely N-dealkylation sites (tertiary alicyclic amines) is 1. The van der Waals surface area contributed by atoms with Crippen LogP contribution in [0, 0.1) is 5.82 Å². The highest BCUT2D eigenvalue weighted by atomic mass is 19.4. The van der Waals surface area contributed by atoms with Gasteiger partial charge in [0.1, 0.15) is 11.9 Å².